The van der Waals surface area contributed by atoms with Crippen LogP contribution in [0.15, 0.2) is 23.8 Å². The molecule has 0 N–H and O–H groups in total. The summed E-state index contributed by atoms with van der Waals surface area (Å²) in [5.41, 5.74) is 2.16. The van der Waals surface area contributed by atoms with Crippen molar-refractivity contribution in [3.8, 4) is 0 Å². The number of hydrogen-bond donors (Lipinski definition) is 0. The average Bonchev–Trinajstić information content (AvgIpc) is 2.65. The lowest BCUT2D eigenvalue weighted by molar-refractivity contribution is 0.111. The van der Waals surface area contributed by atoms with Gasteiger partial charge in [0.1, 0.15) is 5.67 Å². The Hall–Kier alpha value is -0.590. The Kier molecular flexibility index (Phi) is 2.99. The topological polar surface area (TPSA) is 0 Å². The van der Waals surface area contributed by atoms with Gasteiger partial charge in [0.15, 0.2) is 0 Å². The van der Waals surface area contributed by atoms with Crippen molar-refractivity contribution < 1.29 is 4.39 Å². The molecule has 0 aromatic rings. The third-order valence-electron chi connectivity index (χ3n) is 4.07. The van der Waals surface area contributed by atoms with E-state index in [1.165, 1.54) is 24.8 Å². The molecule has 0 saturated heterocycles. The third-order valence-corrected chi connectivity index (χ3v) is 4.07. The molecular formula is C14H21F. The highest BCUT2D eigenvalue weighted by molar-refractivity contribution is 5.30. The maximum Gasteiger partial charge on any atom is 0.108 e. The van der Waals surface area contributed by atoms with Crippen LogP contribution >= 0.6 is 0 Å². The summed E-state index contributed by atoms with van der Waals surface area (Å²) in [4.78, 5) is 0. The van der Waals surface area contributed by atoms with E-state index in [9.17, 15) is 4.39 Å². The monoisotopic (exact) mass is 208 g/mol. The molecule has 2 rings (SSSR count). The highest BCUT2D eigenvalue weighted by Crippen LogP contribution is 2.42. The molecule has 1 heteroatoms. The molecule has 0 aromatic carbocycles. The van der Waals surface area contributed by atoms with E-state index in [2.05, 4.69) is 6.58 Å². The molecule has 0 aliphatic heterocycles. The number of hydrogen-bond acceptors (Lipinski definition) is 0. The molecule has 1 fully saturated rings. The van der Waals surface area contributed by atoms with Crippen LogP contribution in [0.25, 0.3) is 0 Å². The lowest BCUT2D eigenvalue weighted by atomic mass is 9.76. The van der Waals surface area contributed by atoms with E-state index in [4.69, 9.17) is 0 Å². The fraction of sp³-hybridized carbons (Fsp3) is 0.714. The van der Waals surface area contributed by atoms with Gasteiger partial charge in [-0.25, -0.2) is 4.39 Å². The van der Waals surface area contributed by atoms with Crippen LogP contribution in [-0.4, -0.2) is 5.67 Å². The van der Waals surface area contributed by atoms with Crippen molar-refractivity contribution in [2.75, 3.05) is 0 Å². The standard InChI is InChI=1S/C14H21F/c1-3-11-5-4-6-13(11)12-7-9-14(2,15)10-8-12/h3,12H,1,4-10H2,2H3. The lowest BCUT2D eigenvalue weighted by Gasteiger charge is -2.32. The van der Waals surface area contributed by atoms with Gasteiger partial charge >= 0.3 is 0 Å². The summed E-state index contributed by atoms with van der Waals surface area (Å²) in [6, 6.07) is 0. The second-order valence-electron chi connectivity index (χ2n) is 5.30. The molecule has 0 radical (unpaired) electrons. The molecule has 0 atom stereocenters. The predicted molar refractivity (Wildman–Crippen MR) is 62.5 cm³/mol. The van der Waals surface area contributed by atoms with Gasteiger partial charge in [-0.2, -0.15) is 0 Å². The maximum absolute atomic E-state index is 13.7. The lowest BCUT2D eigenvalue weighted by Crippen LogP contribution is -2.26. The second kappa shape index (κ2) is 4.11. The first-order valence-electron chi connectivity index (χ1n) is 6.16. The van der Waals surface area contributed by atoms with Gasteiger partial charge in [0.05, 0.1) is 0 Å². The molecule has 0 nitrogen and oxygen atoms in total. The fourth-order valence-electron chi connectivity index (χ4n) is 3.06. The van der Waals surface area contributed by atoms with Crippen LogP contribution < -0.4 is 0 Å². The summed E-state index contributed by atoms with van der Waals surface area (Å²) in [5, 5.41) is 0. The van der Waals surface area contributed by atoms with Crippen molar-refractivity contribution in [3.63, 3.8) is 0 Å². The molecule has 0 spiro atoms. The third kappa shape index (κ3) is 2.32. The Labute approximate surface area is 92.3 Å². The molecule has 0 unspecified atom stereocenters. The zero-order valence-electron chi connectivity index (χ0n) is 9.69. The summed E-state index contributed by atoms with van der Waals surface area (Å²) in [5.74, 6) is 0.657. The number of halogens is 1. The van der Waals surface area contributed by atoms with Crippen LogP contribution in [0.4, 0.5) is 4.39 Å². The Morgan fingerprint density at radius 3 is 2.60 bits per heavy atom. The minimum absolute atomic E-state index is 0.657. The van der Waals surface area contributed by atoms with Crippen LogP contribution in [-0.2, 0) is 0 Å². The van der Waals surface area contributed by atoms with Crippen LogP contribution in [0, 0.1) is 5.92 Å². The molecule has 0 bridgehead atoms. The van der Waals surface area contributed by atoms with Gasteiger partial charge in [-0.3, -0.25) is 0 Å². The van der Waals surface area contributed by atoms with E-state index < -0.39 is 5.67 Å². The van der Waals surface area contributed by atoms with Crippen molar-refractivity contribution >= 4 is 0 Å². The molecule has 15 heavy (non-hydrogen) atoms. The highest BCUT2D eigenvalue weighted by atomic mass is 19.1. The van der Waals surface area contributed by atoms with Crippen LogP contribution in [0.5, 0.6) is 0 Å². The zero-order chi connectivity index (χ0) is 10.9. The summed E-state index contributed by atoms with van der Waals surface area (Å²) < 4.78 is 13.7. The van der Waals surface area contributed by atoms with Gasteiger partial charge in [0.2, 0.25) is 0 Å². The summed E-state index contributed by atoms with van der Waals surface area (Å²) in [7, 11) is 0. The Bertz CT molecular complexity index is 276. The average molecular weight is 208 g/mol. The molecular weight excluding hydrogens is 187 g/mol. The maximum atomic E-state index is 13.7. The molecule has 0 amide bonds. The van der Waals surface area contributed by atoms with E-state index in [0.29, 0.717) is 5.92 Å². The van der Waals surface area contributed by atoms with Crippen molar-refractivity contribution in [3.05, 3.63) is 23.8 Å². The van der Waals surface area contributed by atoms with Gasteiger partial charge in [-0.15, -0.1) is 0 Å². The Morgan fingerprint density at radius 2 is 2.00 bits per heavy atom. The predicted octanol–water partition coefficient (Wildman–Crippen LogP) is 4.57. The van der Waals surface area contributed by atoms with Crippen molar-refractivity contribution in [1.82, 2.24) is 0 Å². The van der Waals surface area contributed by atoms with Gasteiger partial charge in [-0.1, -0.05) is 18.2 Å². The largest absolute Gasteiger partial charge is 0.244 e. The van der Waals surface area contributed by atoms with Gasteiger partial charge < -0.3 is 0 Å². The van der Waals surface area contributed by atoms with Crippen LogP contribution in [0.3, 0.4) is 0 Å². The molecule has 0 heterocycles. The quantitative estimate of drug-likeness (QED) is 0.623. The first kappa shape index (κ1) is 10.9. The molecule has 0 aromatic heterocycles. The molecule has 2 aliphatic carbocycles. The van der Waals surface area contributed by atoms with E-state index in [1.807, 2.05) is 6.08 Å². The Morgan fingerprint density at radius 1 is 1.33 bits per heavy atom. The summed E-state index contributed by atoms with van der Waals surface area (Å²) in [6.07, 6.45) is 9.29. The van der Waals surface area contributed by atoms with E-state index in [1.54, 1.807) is 12.5 Å². The second-order valence-corrected chi connectivity index (χ2v) is 5.30. The smallest absolute Gasteiger partial charge is 0.108 e. The first-order valence-corrected chi connectivity index (χ1v) is 6.16. The van der Waals surface area contributed by atoms with Crippen molar-refractivity contribution in [2.24, 2.45) is 5.92 Å². The minimum Gasteiger partial charge on any atom is -0.244 e. The number of rotatable bonds is 2. The van der Waals surface area contributed by atoms with E-state index in [-0.39, 0.29) is 0 Å². The van der Waals surface area contributed by atoms with Gasteiger partial charge in [-0.05, 0) is 63.4 Å². The SMILES string of the molecule is C=CC1=C(C2CCC(C)(F)CC2)CCC1. The minimum atomic E-state index is -0.899. The number of allylic oxidation sites excluding steroid dienone is 3. The summed E-state index contributed by atoms with van der Waals surface area (Å²) >= 11 is 0. The normalized spacial score (nSPS) is 37.1. The number of alkyl halides is 1. The van der Waals surface area contributed by atoms with Crippen molar-refractivity contribution in [1.29, 1.82) is 0 Å². The molecule has 84 valence electrons. The van der Waals surface area contributed by atoms with Gasteiger partial charge in [0, 0.05) is 0 Å². The van der Waals surface area contributed by atoms with E-state index in [0.717, 1.165) is 25.7 Å². The van der Waals surface area contributed by atoms with Crippen molar-refractivity contribution in [2.45, 2.75) is 57.5 Å². The van der Waals surface area contributed by atoms with E-state index >= 15 is 0 Å². The molecule has 1 saturated carbocycles. The first-order chi connectivity index (χ1) is 7.12. The van der Waals surface area contributed by atoms with Gasteiger partial charge in [0.25, 0.3) is 0 Å². The molecule has 2 aliphatic rings. The Balaban J connectivity index is 2.04. The highest BCUT2D eigenvalue weighted by Gasteiger charge is 2.33. The van der Waals surface area contributed by atoms with Crippen LogP contribution in [0.1, 0.15) is 51.9 Å². The fourth-order valence-corrected chi connectivity index (χ4v) is 3.06. The van der Waals surface area contributed by atoms with Crippen LogP contribution in [0.2, 0.25) is 0 Å². The zero-order valence-corrected chi connectivity index (χ0v) is 9.69. The summed E-state index contributed by atoms with van der Waals surface area (Å²) in [6.45, 7) is 5.64.